The van der Waals surface area contributed by atoms with Crippen molar-refractivity contribution >= 4 is 12.1 Å². The molecule has 1 aromatic carbocycles. The first-order valence-electron chi connectivity index (χ1n) is 8.53. The van der Waals surface area contributed by atoms with Gasteiger partial charge in [0.2, 0.25) is 0 Å². The molecule has 2 atom stereocenters. The number of nitrogens with zero attached hydrogens (tertiary/aromatic N) is 1. The number of carbonyl (C=O) groups excluding carboxylic acids is 2. The minimum absolute atomic E-state index is 0.145. The summed E-state index contributed by atoms with van der Waals surface area (Å²) in [6, 6.07) is 9.23. The molecule has 1 saturated heterocycles. The van der Waals surface area contributed by atoms with Crippen LogP contribution in [0.3, 0.4) is 0 Å². The lowest BCUT2D eigenvalue weighted by Gasteiger charge is -2.38. The van der Waals surface area contributed by atoms with E-state index in [1.807, 2.05) is 30.3 Å². The molecule has 1 aliphatic rings. The zero-order valence-electron chi connectivity index (χ0n) is 15.4. The van der Waals surface area contributed by atoms with Gasteiger partial charge in [0, 0.05) is 0 Å². The summed E-state index contributed by atoms with van der Waals surface area (Å²) >= 11 is 0. The number of rotatable bonds is 4. The molecular formula is C19H27NO5. The summed E-state index contributed by atoms with van der Waals surface area (Å²) in [6.45, 7) is 6.17. The molecule has 1 amide bonds. The first-order valence-corrected chi connectivity index (χ1v) is 8.53. The van der Waals surface area contributed by atoms with Crippen LogP contribution < -0.4 is 0 Å². The summed E-state index contributed by atoms with van der Waals surface area (Å²) in [6.07, 6.45) is 0.515. The van der Waals surface area contributed by atoms with Crippen LogP contribution in [0.2, 0.25) is 0 Å². The molecular weight excluding hydrogens is 322 g/mol. The number of likely N-dealkylation sites (tertiary alicyclic amines) is 1. The maximum absolute atomic E-state index is 12.5. The van der Waals surface area contributed by atoms with Crippen molar-refractivity contribution in [2.24, 2.45) is 0 Å². The van der Waals surface area contributed by atoms with Crippen LogP contribution in [-0.4, -0.2) is 48.4 Å². The smallest absolute Gasteiger partial charge is 0.411 e. The van der Waals surface area contributed by atoms with Gasteiger partial charge < -0.3 is 14.2 Å². The summed E-state index contributed by atoms with van der Waals surface area (Å²) in [5, 5.41) is 0. The largest absolute Gasteiger partial charge is 0.467 e. The first kappa shape index (κ1) is 19.2. The van der Waals surface area contributed by atoms with E-state index in [-0.39, 0.29) is 6.10 Å². The highest BCUT2D eigenvalue weighted by Gasteiger charge is 2.39. The number of piperidine rings is 1. The van der Waals surface area contributed by atoms with Gasteiger partial charge in [-0.05, 0) is 39.2 Å². The average molecular weight is 349 g/mol. The summed E-state index contributed by atoms with van der Waals surface area (Å²) in [5.41, 5.74) is 0.441. The number of hydrogen-bond donors (Lipinski definition) is 0. The van der Waals surface area contributed by atoms with E-state index in [1.165, 1.54) is 12.0 Å². The van der Waals surface area contributed by atoms with Crippen LogP contribution in [0.5, 0.6) is 0 Å². The van der Waals surface area contributed by atoms with Crippen LogP contribution in [0.4, 0.5) is 4.79 Å². The third-order valence-corrected chi connectivity index (χ3v) is 3.97. The van der Waals surface area contributed by atoms with E-state index < -0.39 is 23.7 Å². The fourth-order valence-corrected chi connectivity index (χ4v) is 2.77. The van der Waals surface area contributed by atoms with E-state index in [0.717, 1.165) is 5.56 Å². The fourth-order valence-electron chi connectivity index (χ4n) is 2.77. The van der Waals surface area contributed by atoms with Gasteiger partial charge in [0.25, 0.3) is 0 Å². The normalized spacial score (nSPS) is 20.9. The molecule has 0 saturated carbocycles. The maximum Gasteiger partial charge on any atom is 0.411 e. The molecule has 25 heavy (non-hydrogen) atoms. The monoisotopic (exact) mass is 349 g/mol. The van der Waals surface area contributed by atoms with Gasteiger partial charge in [0.05, 0.1) is 26.4 Å². The topological polar surface area (TPSA) is 65.1 Å². The van der Waals surface area contributed by atoms with Gasteiger partial charge in [0.1, 0.15) is 11.6 Å². The summed E-state index contributed by atoms with van der Waals surface area (Å²) in [4.78, 5) is 26.0. The number of esters is 1. The lowest BCUT2D eigenvalue weighted by Crippen LogP contribution is -2.54. The minimum atomic E-state index is -0.629. The number of hydrogen-bond acceptors (Lipinski definition) is 5. The third kappa shape index (κ3) is 5.74. The van der Waals surface area contributed by atoms with Crippen molar-refractivity contribution in [1.29, 1.82) is 0 Å². The summed E-state index contributed by atoms with van der Waals surface area (Å²) in [5.74, 6) is -0.424. The summed E-state index contributed by atoms with van der Waals surface area (Å²) < 4.78 is 16.2. The van der Waals surface area contributed by atoms with E-state index in [9.17, 15) is 9.59 Å². The molecule has 1 fully saturated rings. The second kappa shape index (κ2) is 8.34. The molecule has 6 nitrogen and oxygen atoms in total. The van der Waals surface area contributed by atoms with Crippen molar-refractivity contribution in [3.05, 3.63) is 35.9 Å². The Balaban J connectivity index is 2.02. The minimum Gasteiger partial charge on any atom is -0.467 e. The first-order chi connectivity index (χ1) is 11.8. The standard InChI is InChI=1S/C19H27NO5/c1-19(2,3)25-18(22)20-12-15(10-11-16(20)17(21)23-4)24-13-14-8-6-5-7-9-14/h5-9,15-16H,10-13H2,1-4H3/t15-,16-/m0/s1. The Labute approximate surface area is 149 Å². The van der Waals surface area contributed by atoms with Gasteiger partial charge in [-0.3, -0.25) is 4.90 Å². The van der Waals surface area contributed by atoms with Crippen LogP contribution >= 0.6 is 0 Å². The molecule has 0 radical (unpaired) electrons. The van der Waals surface area contributed by atoms with Gasteiger partial charge >= 0.3 is 12.1 Å². The predicted molar refractivity (Wildman–Crippen MR) is 93.0 cm³/mol. The highest BCUT2D eigenvalue weighted by molar-refractivity contribution is 5.81. The van der Waals surface area contributed by atoms with Crippen LogP contribution in [0.25, 0.3) is 0 Å². The number of benzene rings is 1. The van der Waals surface area contributed by atoms with E-state index in [4.69, 9.17) is 14.2 Å². The number of carbonyl (C=O) groups is 2. The number of amides is 1. The quantitative estimate of drug-likeness (QED) is 0.781. The average Bonchev–Trinajstić information content (AvgIpc) is 2.58. The molecule has 1 aliphatic heterocycles. The second-order valence-corrected chi connectivity index (χ2v) is 7.17. The number of methoxy groups -OCH3 is 1. The molecule has 2 rings (SSSR count). The van der Waals surface area contributed by atoms with Crippen molar-refractivity contribution in [3.8, 4) is 0 Å². The van der Waals surface area contributed by atoms with Crippen LogP contribution in [0.1, 0.15) is 39.2 Å². The Bertz CT molecular complexity index is 581. The Kier molecular flexibility index (Phi) is 6.42. The predicted octanol–water partition coefficient (Wildman–Crippen LogP) is 3.14. The van der Waals surface area contributed by atoms with Crippen LogP contribution in [0, 0.1) is 0 Å². The molecule has 0 aliphatic carbocycles. The molecule has 0 bridgehead atoms. The zero-order valence-corrected chi connectivity index (χ0v) is 15.4. The Hall–Kier alpha value is -2.08. The fraction of sp³-hybridized carbons (Fsp3) is 0.579. The Morgan fingerprint density at radius 3 is 2.44 bits per heavy atom. The summed E-state index contributed by atoms with van der Waals surface area (Å²) in [7, 11) is 1.33. The second-order valence-electron chi connectivity index (χ2n) is 7.17. The number of ether oxygens (including phenoxy) is 3. The van der Waals surface area contributed by atoms with Crippen molar-refractivity contribution in [3.63, 3.8) is 0 Å². The molecule has 0 unspecified atom stereocenters. The van der Waals surface area contributed by atoms with Crippen molar-refractivity contribution in [1.82, 2.24) is 4.90 Å². The molecule has 0 N–H and O–H groups in total. The van der Waals surface area contributed by atoms with E-state index in [2.05, 4.69) is 0 Å². The molecule has 0 spiro atoms. The van der Waals surface area contributed by atoms with E-state index >= 15 is 0 Å². The third-order valence-electron chi connectivity index (χ3n) is 3.97. The molecule has 1 heterocycles. The molecule has 6 heteroatoms. The van der Waals surface area contributed by atoms with Gasteiger partial charge in [-0.25, -0.2) is 9.59 Å². The van der Waals surface area contributed by atoms with Crippen LogP contribution in [0.15, 0.2) is 30.3 Å². The van der Waals surface area contributed by atoms with Crippen molar-refractivity contribution in [2.45, 2.75) is 58.0 Å². The Morgan fingerprint density at radius 2 is 1.84 bits per heavy atom. The lowest BCUT2D eigenvalue weighted by molar-refractivity contribution is -0.150. The van der Waals surface area contributed by atoms with Crippen molar-refractivity contribution < 1.29 is 23.8 Å². The van der Waals surface area contributed by atoms with Gasteiger partial charge in [0.15, 0.2) is 0 Å². The maximum atomic E-state index is 12.5. The molecule has 0 aromatic heterocycles. The van der Waals surface area contributed by atoms with E-state index in [0.29, 0.717) is 26.0 Å². The van der Waals surface area contributed by atoms with Gasteiger partial charge in [-0.2, -0.15) is 0 Å². The Morgan fingerprint density at radius 1 is 1.16 bits per heavy atom. The highest BCUT2D eigenvalue weighted by Crippen LogP contribution is 2.24. The van der Waals surface area contributed by atoms with Crippen LogP contribution in [-0.2, 0) is 25.6 Å². The molecule has 1 aromatic rings. The highest BCUT2D eigenvalue weighted by atomic mass is 16.6. The van der Waals surface area contributed by atoms with Gasteiger partial charge in [-0.15, -0.1) is 0 Å². The van der Waals surface area contributed by atoms with Crippen molar-refractivity contribution in [2.75, 3.05) is 13.7 Å². The zero-order chi connectivity index (χ0) is 18.4. The molecule has 138 valence electrons. The van der Waals surface area contributed by atoms with E-state index in [1.54, 1.807) is 20.8 Å². The lowest BCUT2D eigenvalue weighted by atomic mass is 10.0. The van der Waals surface area contributed by atoms with Gasteiger partial charge in [-0.1, -0.05) is 30.3 Å². The SMILES string of the molecule is COC(=O)[C@@H]1CC[C@H](OCc2ccccc2)CN1C(=O)OC(C)(C)C.